The molecule has 0 aliphatic carbocycles. The third kappa shape index (κ3) is 4.01. The lowest BCUT2D eigenvalue weighted by Gasteiger charge is -2.29. The first-order valence-corrected chi connectivity index (χ1v) is 9.78. The van der Waals surface area contributed by atoms with Crippen molar-refractivity contribution in [2.24, 2.45) is 20.7 Å². The van der Waals surface area contributed by atoms with Crippen LogP contribution in [0.2, 0.25) is 0 Å². The molecular formula is C21H20N8O. The summed E-state index contributed by atoms with van der Waals surface area (Å²) >= 11 is 0. The van der Waals surface area contributed by atoms with Gasteiger partial charge in [-0.05, 0) is 40.8 Å². The molecule has 30 heavy (non-hydrogen) atoms. The third-order valence-corrected chi connectivity index (χ3v) is 5.00. The second kappa shape index (κ2) is 8.34. The van der Waals surface area contributed by atoms with Crippen molar-refractivity contribution in [2.45, 2.75) is 6.17 Å². The van der Waals surface area contributed by atoms with Gasteiger partial charge < -0.3 is 15.0 Å². The fourth-order valence-electron chi connectivity index (χ4n) is 3.43. The van der Waals surface area contributed by atoms with Gasteiger partial charge in [0.1, 0.15) is 0 Å². The van der Waals surface area contributed by atoms with E-state index >= 15 is 0 Å². The van der Waals surface area contributed by atoms with Gasteiger partial charge in [-0.15, -0.1) is 10.2 Å². The number of aromatic nitrogens is 2. The van der Waals surface area contributed by atoms with Crippen LogP contribution >= 0.6 is 0 Å². The lowest BCUT2D eigenvalue weighted by Crippen LogP contribution is -2.36. The van der Waals surface area contributed by atoms with E-state index in [4.69, 9.17) is 9.72 Å². The first kappa shape index (κ1) is 18.3. The van der Waals surface area contributed by atoms with Crippen LogP contribution in [0.5, 0.6) is 0 Å². The monoisotopic (exact) mass is 400 g/mol. The van der Waals surface area contributed by atoms with Gasteiger partial charge in [-0.2, -0.15) is 0 Å². The number of nitrogens with zero attached hydrogens (tertiary/aromatic N) is 7. The summed E-state index contributed by atoms with van der Waals surface area (Å²) in [5, 5.41) is 18.2. The van der Waals surface area contributed by atoms with E-state index in [1.807, 2.05) is 30.3 Å². The van der Waals surface area contributed by atoms with E-state index in [-0.39, 0.29) is 6.17 Å². The van der Waals surface area contributed by atoms with E-state index in [0.29, 0.717) is 5.95 Å². The molecular weight excluding hydrogens is 380 g/mol. The molecule has 0 bridgehead atoms. The largest absolute Gasteiger partial charge is 0.378 e. The number of hydrogen-bond acceptors (Lipinski definition) is 9. The Kier molecular flexibility index (Phi) is 5.09. The molecule has 0 unspecified atom stereocenters. The highest BCUT2D eigenvalue weighted by Gasteiger charge is 2.13. The molecule has 9 nitrogen and oxygen atoms in total. The predicted octanol–water partition coefficient (Wildman–Crippen LogP) is 4.56. The Morgan fingerprint density at radius 2 is 1.73 bits per heavy atom. The van der Waals surface area contributed by atoms with E-state index in [1.165, 1.54) is 5.69 Å². The number of rotatable bonds is 5. The molecule has 3 heterocycles. The van der Waals surface area contributed by atoms with E-state index in [9.17, 15) is 0 Å². The van der Waals surface area contributed by atoms with Crippen molar-refractivity contribution in [3.63, 3.8) is 0 Å². The van der Waals surface area contributed by atoms with Gasteiger partial charge in [0.25, 0.3) is 0 Å². The average molecular weight is 400 g/mol. The molecule has 0 spiro atoms. The molecule has 1 fully saturated rings. The standard InChI is InChI=1S/C21H20N8O/c1-2-16(14-18(3-1)29-10-12-30-13-11-29)19-8-9-22-21(24-19)23-17-6-4-15(5-7-17)20-25-27-28-26-20/h1-9,14,20H,10-13H2,(H,22,23,24). The normalized spacial score (nSPS) is 16.2. The van der Waals surface area contributed by atoms with Crippen LogP contribution in [-0.4, -0.2) is 36.3 Å². The molecule has 2 aliphatic rings. The van der Waals surface area contributed by atoms with Crippen molar-refractivity contribution in [2.75, 3.05) is 36.5 Å². The Morgan fingerprint density at radius 3 is 2.53 bits per heavy atom. The van der Waals surface area contributed by atoms with Crippen LogP contribution in [0.1, 0.15) is 11.7 Å². The maximum atomic E-state index is 5.45. The average Bonchev–Trinajstić information content (AvgIpc) is 3.36. The summed E-state index contributed by atoms with van der Waals surface area (Å²) in [7, 11) is 0. The molecule has 1 aromatic heterocycles. The molecule has 1 saturated heterocycles. The molecule has 150 valence electrons. The lowest BCUT2D eigenvalue weighted by atomic mass is 10.1. The maximum absolute atomic E-state index is 5.45. The molecule has 2 aliphatic heterocycles. The number of ether oxygens (including phenoxy) is 1. The van der Waals surface area contributed by atoms with Crippen LogP contribution in [0, 0.1) is 0 Å². The van der Waals surface area contributed by atoms with Crippen LogP contribution in [0.3, 0.4) is 0 Å². The number of benzene rings is 2. The van der Waals surface area contributed by atoms with Crippen LogP contribution in [-0.2, 0) is 4.74 Å². The smallest absolute Gasteiger partial charge is 0.227 e. The van der Waals surface area contributed by atoms with E-state index < -0.39 is 0 Å². The summed E-state index contributed by atoms with van der Waals surface area (Å²) in [6.45, 7) is 3.33. The van der Waals surface area contributed by atoms with Gasteiger partial charge >= 0.3 is 0 Å². The van der Waals surface area contributed by atoms with Crippen LogP contribution in [0.25, 0.3) is 11.3 Å². The Hall–Kier alpha value is -3.72. The Balaban J connectivity index is 1.33. The zero-order valence-electron chi connectivity index (χ0n) is 16.2. The highest BCUT2D eigenvalue weighted by molar-refractivity contribution is 5.67. The summed E-state index contributed by atoms with van der Waals surface area (Å²) < 4.78 is 5.45. The van der Waals surface area contributed by atoms with E-state index in [2.05, 4.69) is 60.1 Å². The number of anilines is 3. The van der Waals surface area contributed by atoms with Crippen LogP contribution in [0.4, 0.5) is 17.3 Å². The number of hydrogen-bond donors (Lipinski definition) is 1. The quantitative estimate of drug-likeness (QED) is 0.677. The summed E-state index contributed by atoms with van der Waals surface area (Å²) in [6, 6.07) is 18.1. The molecule has 0 radical (unpaired) electrons. The topological polar surface area (TPSA) is 99.7 Å². The molecule has 0 atom stereocenters. The molecule has 5 rings (SSSR count). The molecule has 9 heteroatoms. The fourth-order valence-corrected chi connectivity index (χ4v) is 3.43. The van der Waals surface area contributed by atoms with Gasteiger partial charge in [0.2, 0.25) is 12.1 Å². The fraction of sp³-hybridized carbons (Fsp3) is 0.238. The van der Waals surface area contributed by atoms with E-state index in [0.717, 1.165) is 48.8 Å². The maximum Gasteiger partial charge on any atom is 0.227 e. The predicted molar refractivity (Wildman–Crippen MR) is 113 cm³/mol. The van der Waals surface area contributed by atoms with Gasteiger partial charge in [-0.25, -0.2) is 9.97 Å². The third-order valence-electron chi connectivity index (χ3n) is 5.00. The first-order chi connectivity index (χ1) is 14.8. The van der Waals surface area contributed by atoms with Crippen molar-refractivity contribution >= 4 is 17.3 Å². The zero-order valence-corrected chi connectivity index (χ0v) is 16.2. The van der Waals surface area contributed by atoms with Gasteiger partial charge in [0.15, 0.2) is 0 Å². The Bertz CT molecular complexity index is 1060. The molecule has 1 N–H and O–H groups in total. The van der Waals surface area contributed by atoms with Crippen LogP contribution in [0.15, 0.2) is 81.5 Å². The van der Waals surface area contributed by atoms with Gasteiger partial charge in [-0.1, -0.05) is 24.3 Å². The Morgan fingerprint density at radius 1 is 0.933 bits per heavy atom. The minimum Gasteiger partial charge on any atom is -0.378 e. The first-order valence-electron chi connectivity index (χ1n) is 9.78. The minimum absolute atomic E-state index is 0.350. The summed E-state index contributed by atoms with van der Waals surface area (Å²) in [6.07, 6.45) is 1.41. The second-order valence-corrected chi connectivity index (χ2v) is 6.95. The number of morpholine rings is 1. The van der Waals surface area contributed by atoms with Crippen LogP contribution < -0.4 is 10.2 Å². The molecule has 2 aromatic carbocycles. The molecule has 3 aromatic rings. The van der Waals surface area contributed by atoms with Gasteiger partial charge in [0.05, 0.1) is 18.9 Å². The second-order valence-electron chi connectivity index (χ2n) is 6.95. The van der Waals surface area contributed by atoms with Crippen molar-refractivity contribution < 1.29 is 4.74 Å². The van der Waals surface area contributed by atoms with Crippen molar-refractivity contribution in [1.82, 2.24) is 9.97 Å². The highest BCUT2D eigenvalue weighted by Crippen LogP contribution is 2.27. The summed E-state index contributed by atoms with van der Waals surface area (Å²) in [4.78, 5) is 11.4. The minimum atomic E-state index is -0.350. The van der Waals surface area contributed by atoms with Gasteiger partial charge in [0, 0.05) is 41.8 Å². The summed E-state index contributed by atoms with van der Waals surface area (Å²) in [5.74, 6) is 0.539. The molecule has 0 saturated carbocycles. The van der Waals surface area contributed by atoms with Crippen molar-refractivity contribution in [3.8, 4) is 11.3 Å². The van der Waals surface area contributed by atoms with E-state index in [1.54, 1.807) is 6.20 Å². The van der Waals surface area contributed by atoms with Crippen molar-refractivity contribution in [3.05, 3.63) is 66.4 Å². The summed E-state index contributed by atoms with van der Waals surface area (Å²) in [5.41, 5.74) is 4.91. The van der Waals surface area contributed by atoms with Crippen molar-refractivity contribution in [1.29, 1.82) is 0 Å². The Labute approximate surface area is 173 Å². The zero-order chi connectivity index (χ0) is 20.2. The van der Waals surface area contributed by atoms with Gasteiger partial charge in [-0.3, -0.25) is 0 Å². The SMILES string of the molecule is c1cc(-c2ccnc(Nc3ccc(C4N=NN=N4)cc3)n2)cc(N2CCOCC2)c1. The highest BCUT2D eigenvalue weighted by atomic mass is 16.5. The lowest BCUT2D eigenvalue weighted by molar-refractivity contribution is 0.122. The molecule has 0 amide bonds. The number of nitrogens with one attached hydrogen (secondary N) is 1.